The molecular weight excluding hydrogens is 280 g/mol. The van der Waals surface area contributed by atoms with Crippen LogP contribution >= 0.6 is 11.3 Å². The van der Waals surface area contributed by atoms with Gasteiger partial charge in [-0.05, 0) is 27.7 Å². The lowest BCUT2D eigenvalue weighted by atomic mass is 9.86. The van der Waals surface area contributed by atoms with Crippen molar-refractivity contribution in [3.63, 3.8) is 0 Å². The summed E-state index contributed by atoms with van der Waals surface area (Å²) in [5, 5.41) is 1.75. The Kier molecular flexibility index (Phi) is 3.00. The summed E-state index contributed by atoms with van der Waals surface area (Å²) >= 11 is 1.40. The molecule has 0 bridgehead atoms. The van der Waals surface area contributed by atoms with Crippen LogP contribution in [0.3, 0.4) is 0 Å². The molecule has 1 aliphatic rings. The normalized spacial score (nSPS) is 20.6. The van der Waals surface area contributed by atoms with Gasteiger partial charge in [0.15, 0.2) is 5.82 Å². The Bertz CT molecular complexity index is 611. The standard InChI is InChI=1S/C12H15BFN3O2S/c1-11(2)12(3,4)19-13(18-11)8-5-17(10(14)16-8)9-6-20-7-15-9/h5-7H,1-4H3. The van der Waals surface area contributed by atoms with Crippen molar-refractivity contribution in [3.8, 4) is 5.82 Å². The zero-order chi connectivity index (χ0) is 14.5. The van der Waals surface area contributed by atoms with Gasteiger partial charge in [0.25, 0.3) is 6.08 Å². The van der Waals surface area contributed by atoms with Gasteiger partial charge in [-0.3, -0.25) is 4.57 Å². The maximum Gasteiger partial charge on any atom is 0.516 e. The summed E-state index contributed by atoms with van der Waals surface area (Å²) < 4.78 is 26.9. The number of imidazole rings is 1. The number of hydrogen-bond acceptors (Lipinski definition) is 5. The van der Waals surface area contributed by atoms with Crippen molar-refractivity contribution in [1.29, 1.82) is 0 Å². The maximum absolute atomic E-state index is 13.9. The third kappa shape index (κ3) is 2.08. The van der Waals surface area contributed by atoms with Crippen LogP contribution < -0.4 is 5.59 Å². The number of halogens is 1. The zero-order valence-electron chi connectivity index (χ0n) is 11.8. The second-order valence-electron chi connectivity index (χ2n) is 5.74. The Labute approximate surface area is 120 Å². The molecule has 0 spiro atoms. The first kappa shape index (κ1) is 13.7. The molecule has 0 N–H and O–H groups in total. The van der Waals surface area contributed by atoms with Gasteiger partial charge in [-0.15, -0.1) is 11.3 Å². The monoisotopic (exact) mass is 295 g/mol. The third-order valence-electron chi connectivity index (χ3n) is 3.84. The predicted octanol–water partition coefficient (Wildman–Crippen LogP) is 1.77. The van der Waals surface area contributed by atoms with Gasteiger partial charge in [-0.1, -0.05) is 0 Å². The van der Waals surface area contributed by atoms with E-state index in [2.05, 4.69) is 9.97 Å². The average Bonchev–Trinajstić information content (AvgIpc) is 2.98. The van der Waals surface area contributed by atoms with Crippen LogP contribution in [0.5, 0.6) is 0 Å². The minimum absolute atomic E-state index is 0.411. The van der Waals surface area contributed by atoms with Gasteiger partial charge in [0.2, 0.25) is 0 Å². The lowest BCUT2D eigenvalue weighted by Gasteiger charge is -2.32. The molecule has 20 heavy (non-hydrogen) atoms. The van der Waals surface area contributed by atoms with Crippen LogP contribution in [-0.2, 0) is 9.31 Å². The highest BCUT2D eigenvalue weighted by atomic mass is 32.1. The molecule has 2 aromatic rings. The first-order valence-electron chi connectivity index (χ1n) is 6.29. The number of hydrogen-bond donors (Lipinski definition) is 0. The summed E-state index contributed by atoms with van der Waals surface area (Å²) in [6.45, 7) is 7.78. The van der Waals surface area contributed by atoms with Gasteiger partial charge < -0.3 is 9.31 Å². The van der Waals surface area contributed by atoms with E-state index in [1.54, 1.807) is 17.1 Å². The van der Waals surface area contributed by atoms with E-state index in [-0.39, 0.29) is 0 Å². The Balaban J connectivity index is 1.92. The van der Waals surface area contributed by atoms with Crippen LogP contribution in [0.15, 0.2) is 17.1 Å². The zero-order valence-corrected chi connectivity index (χ0v) is 12.6. The molecule has 106 valence electrons. The molecule has 1 aliphatic heterocycles. The second kappa shape index (κ2) is 4.37. The lowest BCUT2D eigenvalue weighted by molar-refractivity contribution is 0.00578. The average molecular weight is 295 g/mol. The SMILES string of the molecule is CC1(C)OB(c2cn(-c3cscn3)c(F)n2)OC1(C)C. The summed E-state index contributed by atoms with van der Waals surface area (Å²) in [7, 11) is -0.672. The highest BCUT2D eigenvalue weighted by Gasteiger charge is 2.52. The first-order valence-corrected chi connectivity index (χ1v) is 7.23. The van der Waals surface area contributed by atoms with Crippen LogP contribution in [0.4, 0.5) is 4.39 Å². The van der Waals surface area contributed by atoms with E-state index in [1.807, 2.05) is 27.7 Å². The highest BCUT2D eigenvalue weighted by molar-refractivity contribution is 7.07. The summed E-state index contributed by atoms with van der Waals surface area (Å²) in [6, 6.07) is 0. The molecule has 0 radical (unpaired) electrons. The van der Waals surface area contributed by atoms with Gasteiger partial charge in [0.1, 0.15) is 0 Å². The van der Waals surface area contributed by atoms with E-state index in [0.29, 0.717) is 11.4 Å². The minimum Gasteiger partial charge on any atom is -0.398 e. The number of rotatable bonds is 2. The van der Waals surface area contributed by atoms with E-state index < -0.39 is 24.4 Å². The largest absolute Gasteiger partial charge is 0.516 e. The summed E-state index contributed by atoms with van der Waals surface area (Å²) in [6.07, 6.45) is 0.938. The molecule has 0 atom stereocenters. The Morgan fingerprint density at radius 1 is 1.25 bits per heavy atom. The van der Waals surface area contributed by atoms with Crippen LogP contribution in [0.25, 0.3) is 5.82 Å². The van der Waals surface area contributed by atoms with E-state index in [1.165, 1.54) is 15.9 Å². The van der Waals surface area contributed by atoms with Gasteiger partial charge >= 0.3 is 7.12 Å². The molecule has 2 aromatic heterocycles. The third-order valence-corrected chi connectivity index (χ3v) is 4.42. The van der Waals surface area contributed by atoms with Gasteiger partial charge in [0.05, 0.1) is 22.3 Å². The number of aromatic nitrogens is 3. The maximum atomic E-state index is 13.9. The Hall–Kier alpha value is -1.25. The summed E-state index contributed by atoms with van der Waals surface area (Å²) in [4.78, 5) is 7.95. The molecule has 3 heterocycles. The Morgan fingerprint density at radius 3 is 2.45 bits per heavy atom. The number of thiazole rings is 1. The molecule has 0 amide bonds. The van der Waals surface area contributed by atoms with E-state index >= 15 is 0 Å². The van der Waals surface area contributed by atoms with Crippen molar-refractivity contribution in [3.05, 3.63) is 23.2 Å². The van der Waals surface area contributed by atoms with Gasteiger partial charge in [0, 0.05) is 11.6 Å². The fourth-order valence-corrected chi connectivity index (χ4v) is 2.46. The second-order valence-corrected chi connectivity index (χ2v) is 6.46. The lowest BCUT2D eigenvalue weighted by Crippen LogP contribution is -2.41. The predicted molar refractivity (Wildman–Crippen MR) is 74.9 cm³/mol. The van der Waals surface area contributed by atoms with Crippen molar-refractivity contribution in [2.75, 3.05) is 0 Å². The molecule has 3 rings (SSSR count). The van der Waals surface area contributed by atoms with Gasteiger partial charge in [-0.25, -0.2) is 9.97 Å². The quantitative estimate of drug-likeness (QED) is 0.792. The van der Waals surface area contributed by atoms with Crippen LogP contribution in [-0.4, -0.2) is 32.9 Å². The molecule has 1 fully saturated rings. The van der Waals surface area contributed by atoms with Gasteiger partial charge in [-0.2, -0.15) is 4.39 Å². The molecule has 0 aromatic carbocycles. The van der Waals surface area contributed by atoms with E-state index in [4.69, 9.17) is 9.31 Å². The van der Waals surface area contributed by atoms with E-state index in [9.17, 15) is 4.39 Å². The van der Waals surface area contributed by atoms with Crippen molar-refractivity contribution >= 4 is 24.0 Å². The van der Waals surface area contributed by atoms with Crippen LogP contribution in [0, 0.1) is 6.08 Å². The summed E-state index contributed by atoms with van der Waals surface area (Å²) in [5.74, 6) is 0.503. The van der Waals surface area contributed by atoms with Crippen molar-refractivity contribution in [2.24, 2.45) is 0 Å². The molecule has 5 nitrogen and oxygen atoms in total. The molecule has 1 saturated heterocycles. The minimum atomic E-state index is -0.672. The first-order chi connectivity index (χ1) is 9.30. The van der Waals surface area contributed by atoms with Crippen molar-refractivity contribution in [1.82, 2.24) is 14.5 Å². The fraction of sp³-hybridized carbons (Fsp3) is 0.500. The van der Waals surface area contributed by atoms with Crippen LogP contribution in [0.2, 0.25) is 0 Å². The molecule has 0 unspecified atom stereocenters. The van der Waals surface area contributed by atoms with Crippen molar-refractivity contribution < 1.29 is 13.7 Å². The van der Waals surface area contributed by atoms with Crippen LogP contribution in [0.1, 0.15) is 27.7 Å². The highest BCUT2D eigenvalue weighted by Crippen LogP contribution is 2.36. The number of nitrogens with zero attached hydrogens (tertiary/aromatic N) is 3. The smallest absolute Gasteiger partial charge is 0.398 e. The summed E-state index contributed by atoms with van der Waals surface area (Å²) in [5.41, 5.74) is 1.11. The molecule has 0 aliphatic carbocycles. The molecule has 0 saturated carbocycles. The molecular formula is C12H15BFN3O2S. The fourth-order valence-electron chi connectivity index (χ4n) is 1.94. The van der Waals surface area contributed by atoms with E-state index in [0.717, 1.165) is 0 Å². The Morgan fingerprint density at radius 2 is 1.90 bits per heavy atom. The van der Waals surface area contributed by atoms with Crippen molar-refractivity contribution in [2.45, 2.75) is 38.9 Å². The molecule has 8 heteroatoms. The topological polar surface area (TPSA) is 49.2 Å².